The van der Waals surface area contributed by atoms with E-state index in [-0.39, 0.29) is 5.82 Å². The van der Waals surface area contributed by atoms with Gasteiger partial charge in [-0.2, -0.15) is 0 Å². The highest BCUT2D eigenvalue weighted by atomic mass is 19.1. The van der Waals surface area contributed by atoms with Crippen LogP contribution in [0.4, 0.5) is 10.2 Å². The lowest BCUT2D eigenvalue weighted by Gasteiger charge is -2.07. The molecule has 1 aromatic heterocycles. The van der Waals surface area contributed by atoms with Crippen LogP contribution in [0, 0.1) is 5.82 Å². The fourth-order valence-electron chi connectivity index (χ4n) is 1.56. The lowest BCUT2D eigenvalue weighted by Crippen LogP contribution is -2.03. The highest BCUT2D eigenvalue weighted by Crippen LogP contribution is 2.12. The molecule has 1 aromatic carbocycles. The van der Waals surface area contributed by atoms with Gasteiger partial charge in [0.25, 0.3) is 0 Å². The van der Waals surface area contributed by atoms with E-state index in [9.17, 15) is 4.39 Å². The van der Waals surface area contributed by atoms with E-state index in [1.165, 1.54) is 18.5 Å². The van der Waals surface area contributed by atoms with Crippen molar-refractivity contribution in [3.05, 3.63) is 48.0 Å². The summed E-state index contributed by atoms with van der Waals surface area (Å²) < 4.78 is 18.4. The molecule has 0 radical (unpaired) electrons. The smallest absolute Gasteiger partial charge is 0.218 e. The molecule has 0 aliphatic rings. The van der Waals surface area contributed by atoms with E-state index in [4.69, 9.17) is 4.74 Å². The van der Waals surface area contributed by atoms with Gasteiger partial charge in [-0.25, -0.2) is 14.4 Å². The van der Waals surface area contributed by atoms with Crippen LogP contribution in [-0.2, 0) is 6.54 Å². The maximum Gasteiger partial charge on any atom is 0.218 e. The summed E-state index contributed by atoms with van der Waals surface area (Å²) in [5, 5.41) is 3.11. The van der Waals surface area contributed by atoms with E-state index in [2.05, 4.69) is 15.3 Å². The minimum Gasteiger partial charge on any atom is -0.478 e. The Morgan fingerprint density at radius 1 is 1.26 bits per heavy atom. The van der Waals surface area contributed by atoms with E-state index in [0.717, 1.165) is 12.0 Å². The molecule has 4 nitrogen and oxygen atoms in total. The number of benzene rings is 1. The van der Waals surface area contributed by atoms with Crippen LogP contribution in [0.1, 0.15) is 18.9 Å². The van der Waals surface area contributed by atoms with Crippen LogP contribution < -0.4 is 10.1 Å². The fourth-order valence-corrected chi connectivity index (χ4v) is 1.56. The van der Waals surface area contributed by atoms with Gasteiger partial charge in [-0.05, 0) is 24.1 Å². The molecule has 0 atom stereocenters. The summed E-state index contributed by atoms with van der Waals surface area (Å²) in [5.74, 6) is 0.956. The van der Waals surface area contributed by atoms with Gasteiger partial charge in [-0.15, -0.1) is 0 Å². The summed E-state index contributed by atoms with van der Waals surface area (Å²) in [6.45, 7) is 3.16. The number of hydrogen-bond donors (Lipinski definition) is 1. The normalized spacial score (nSPS) is 10.2. The number of hydrogen-bond acceptors (Lipinski definition) is 4. The first-order chi connectivity index (χ1) is 9.28. The predicted octanol–water partition coefficient (Wildman–Crippen LogP) is 3.02. The lowest BCUT2D eigenvalue weighted by molar-refractivity contribution is 0.305. The molecule has 0 unspecified atom stereocenters. The van der Waals surface area contributed by atoms with Gasteiger partial charge in [0.05, 0.1) is 6.61 Å². The quantitative estimate of drug-likeness (QED) is 0.868. The van der Waals surface area contributed by atoms with Crippen molar-refractivity contribution in [1.82, 2.24) is 9.97 Å². The molecule has 0 saturated heterocycles. The molecular formula is C14H16FN3O. The highest BCUT2D eigenvalue weighted by Gasteiger charge is 2.00. The zero-order chi connectivity index (χ0) is 13.5. The van der Waals surface area contributed by atoms with Crippen molar-refractivity contribution in [2.24, 2.45) is 0 Å². The average molecular weight is 261 g/mol. The molecule has 0 fully saturated rings. The molecule has 0 aliphatic heterocycles. The molecule has 5 heteroatoms. The average Bonchev–Trinajstić information content (AvgIpc) is 2.43. The summed E-state index contributed by atoms with van der Waals surface area (Å²) in [5.41, 5.74) is 0.856. The van der Waals surface area contributed by atoms with Crippen molar-refractivity contribution in [3.8, 4) is 5.88 Å². The molecule has 0 bridgehead atoms. The van der Waals surface area contributed by atoms with E-state index < -0.39 is 0 Å². The first kappa shape index (κ1) is 13.3. The number of rotatable bonds is 6. The number of aromatic nitrogens is 2. The van der Waals surface area contributed by atoms with Crippen LogP contribution in [0.15, 0.2) is 36.7 Å². The van der Waals surface area contributed by atoms with Crippen molar-refractivity contribution in [2.75, 3.05) is 11.9 Å². The van der Waals surface area contributed by atoms with Crippen LogP contribution in [-0.4, -0.2) is 16.6 Å². The second-order valence-corrected chi connectivity index (χ2v) is 4.07. The molecule has 0 spiro atoms. The SMILES string of the molecule is CCCOc1cc(NCc2cccc(F)c2)ncn1. The molecule has 0 saturated carbocycles. The number of nitrogens with zero attached hydrogens (tertiary/aromatic N) is 2. The highest BCUT2D eigenvalue weighted by molar-refractivity contribution is 5.38. The monoisotopic (exact) mass is 261 g/mol. The summed E-state index contributed by atoms with van der Waals surface area (Å²) in [4.78, 5) is 8.10. The lowest BCUT2D eigenvalue weighted by atomic mass is 10.2. The number of anilines is 1. The summed E-state index contributed by atoms with van der Waals surface area (Å²) in [7, 11) is 0. The predicted molar refractivity (Wildman–Crippen MR) is 71.5 cm³/mol. The molecule has 19 heavy (non-hydrogen) atoms. The Morgan fingerprint density at radius 3 is 2.95 bits per heavy atom. The third-order valence-electron chi connectivity index (χ3n) is 2.46. The maximum atomic E-state index is 13.0. The van der Waals surface area contributed by atoms with Crippen LogP contribution >= 0.6 is 0 Å². The third kappa shape index (κ3) is 4.21. The van der Waals surface area contributed by atoms with E-state index in [1.54, 1.807) is 12.1 Å². The van der Waals surface area contributed by atoms with Gasteiger partial charge in [-0.1, -0.05) is 19.1 Å². The van der Waals surface area contributed by atoms with Crippen LogP contribution in [0.3, 0.4) is 0 Å². The molecular weight excluding hydrogens is 245 g/mol. The summed E-state index contributed by atoms with van der Waals surface area (Å²) >= 11 is 0. The molecule has 2 aromatic rings. The summed E-state index contributed by atoms with van der Waals surface area (Å²) in [6.07, 6.45) is 2.37. The number of halogens is 1. The van der Waals surface area contributed by atoms with Crippen LogP contribution in [0.2, 0.25) is 0 Å². The standard InChI is InChI=1S/C14H16FN3O/c1-2-6-19-14-8-13(17-10-18-14)16-9-11-4-3-5-12(15)7-11/h3-5,7-8,10H,2,6,9H2,1H3,(H,16,17,18). The Kier molecular flexibility index (Phi) is 4.66. The molecule has 1 heterocycles. The fraction of sp³-hybridized carbons (Fsp3) is 0.286. The van der Waals surface area contributed by atoms with E-state index >= 15 is 0 Å². The second kappa shape index (κ2) is 6.68. The van der Waals surface area contributed by atoms with Gasteiger partial charge < -0.3 is 10.1 Å². The first-order valence-electron chi connectivity index (χ1n) is 6.21. The van der Waals surface area contributed by atoms with Crippen molar-refractivity contribution in [1.29, 1.82) is 0 Å². The van der Waals surface area contributed by atoms with Crippen molar-refractivity contribution < 1.29 is 9.13 Å². The van der Waals surface area contributed by atoms with Gasteiger partial charge in [0.1, 0.15) is 18.0 Å². The Bertz CT molecular complexity index is 534. The topological polar surface area (TPSA) is 47.0 Å². The first-order valence-corrected chi connectivity index (χ1v) is 6.21. The van der Waals surface area contributed by atoms with E-state index in [1.807, 2.05) is 13.0 Å². The third-order valence-corrected chi connectivity index (χ3v) is 2.46. The van der Waals surface area contributed by atoms with E-state index in [0.29, 0.717) is 24.8 Å². The Balaban J connectivity index is 1.95. The maximum absolute atomic E-state index is 13.0. The van der Waals surface area contributed by atoms with Crippen LogP contribution in [0.25, 0.3) is 0 Å². The zero-order valence-corrected chi connectivity index (χ0v) is 10.8. The van der Waals surface area contributed by atoms with Gasteiger partial charge in [-0.3, -0.25) is 0 Å². The van der Waals surface area contributed by atoms with Crippen molar-refractivity contribution in [2.45, 2.75) is 19.9 Å². The molecule has 2 rings (SSSR count). The Hall–Kier alpha value is -2.17. The zero-order valence-electron chi connectivity index (χ0n) is 10.8. The van der Waals surface area contributed by atoms with Gasteiger partial charge >= 0.3 is 0 Å². The van der Waals surface area contributed by atoms with Crippen molar-refractivity contribution >= 4 is 5.82 Å². The van der Waals surface area contributed by atoms with Gasteiger partial charge in [0.15, 0.2) is 0 Å². The van der Waals surface area contributed by atoms with Crippen molar-refractivity contribution in [3.63, 3.8) is 0 Å². The molecule has 1 N–H and O–H groups in total. The Morgan fingerprint density at radius 2 is 2.16 bits per heavy atom. The molecule has 0 aliphatic carbocycles. The number of ether oxygens (including phenoxy) is 1. The number of nitrogens with one attached hydrogen (secondary N) is 1. The minimum atomic E-state index is -0.242. The van der Waals surface area contributed by atoms with Gasteiger partial charge in [0, 0.05) is 12.6 Å². The minimum absolute atomic E-state index is 0.242. The summed E-state index contributed by atoms with van der Waals surface area (Å²) in [6, 6.07) is 8.18. The van der Waals surface area contributed by atoms with Gasteiger partial charge in [0.2, 0.25) is 5.88 Å². The second-order valence-electron chi connectivity index (χ2n) is 4.07. The largest absolute Gasteiger partial charge is 0.478 e. The molecule has 100 valence electrons. The Labute approximate surface area is 111 Å². The molecule has 0 amide bonds. The van der Waals surface area contributed by atoms with Crippen LogP contribution in [0.5, 0.6) is 5.88 Å².